The van der Waals surface area contributed by atoms with E-state index in [1.54, 1.807) is 0 Å². The van der Waals surface area contributed by atoms with Crippen LogP contribution in [-0.4, -0.2) is 6.61 Å². The van der Waals surface area contributed by atoms with Crippen molar-refractivity contribution in [3.8, 4) is 0 Å². The minimum absolute atomic E-state index is 0.543. The second-order valence-electron chi connectivity index (χ2n) is 5.12. The Bertz CT molecular complexity index is 523. The van der Waals surface area contributed by atoms with Crippen molar-refractivity contribution in [1.82, 2.24) is 0 Å². The lowest BCUT2D eigenvalue weighted by Gasteiger charge is -2.19. The number of rotatable bonds is 8. The lowest BCUT2D eigenvalue weighted by Crippen LogP contribution is -2.18. The third-order valence-corrected chi connectivity index (χ3v) is 5.97. The normalized spacial score (nSPS) is 11.5. The Morgan fingerprint density at radius 2 is 1.33 bits per heavy atom. The number of hydrogen-bond acceptors (Lipinski definition) is 2. The van der Waals surface area contributed by atoms with E-state index in [0.29, 0.717) is 6.61 Å². The highest BCUT2D eigenvalue weighted by Gasteiger charge is 2.27. The van der Waals surface area contributed by atoms with Gasteiger partial charge in [0, 0.05) is 10.6 Å². The van der Waals surface area contributed by atoms with Crippen molar-refractivity contribution in [3.63, 3.8) is 0 Å². The Morgan fingerprint density at radius 1 is 0.810 bits per heavy atom. The van der Waals surface area contributed by atoms with E-state index < -0.39 is 7.37 Å². The molecule has 0 aromatic heterocycles. The van der Waals surface area contributed by atoms with Crippen molar-refractivity contribution in [2.75, 3.05) is 6.61 Å². The first-order valence-corrected chi connectivity index (χ1v) is 9.25. The van der Waals surface area contributed by atoms with Gasteiger partial charge in [-0.1, -0.05) is 62.6 Å². The molecule has 0 radical (unpaired) electrons. The van der Waals surface area contributed by atoms with Crippen LogP contribution < -0.4 is 10.6 Å². The molecule has 2 rings (SSSR count). The van der Waals surface area contributed by atoms with Gasteiger partial charge >= 0.3 is 0 Å². The van der Waals surface area contributed by atoms with Crippen LogP contribution >= 0.6 is 7.37 Å². The zero-order valence-corrected chi connectivity index (χ0v) is 13.5. The first-order valence-electron chi connectivity index (χ1n) is 7.63. The van der Waals surface area contributed by atoms with Crippen LogP contribution in [0.1, 0.15) is 32.6 Å². The maximum Gasteiger partial charge on any atom is 0.261 e. The summed E-state index contributed by atoms with van der Waals surface area (Å²) in [6.07, 6.45) is 4.47. The zero-order valence-electron chi connectivity index (χ0n) is 12.6. The van der Waals surface area contributed by atoms with Crippen LogP contribution in [0.5, 0.6) is 0 Å². The molecule has 0 heterocycles. The summed E-state index contributed by atoms with van der Waals surface area (Å²) in [6, 6.07) is 19.0. The highest BCUT2D eigenvalue weighted by Crippen LogP contribution is 2.44. The van der Waals surface area contributed by atoms with Crippen LogP contribution in [0.3, 0.4) is 0 Å². The topological polar surface area (TPSA) is 26.3 Å². The van der Waals surface area contributed by atoms with E-state index in [1.807, 2.05) is 60.7 Å². The van der Waals surface area contributed by atoms with Crippen LogP contribution in [0.4, 0.5) is 0 Å². The molecule has 2 aromatic rings. The first kappa shape index (κ1) is 16.0. The third-order valence-electron chi connectivity index (χ3n) is 3.46. The molecule has 0 aliphatic carbocycles. The van der Waals surface area contributed by atoms with Gasteiger partial charge in [0.25, 0.3) is 7.37 Å². The van der Waals surface area contributed by atoms with Crippen molar-refractivity contribution in [2.24, 2.45) is 0 Å². The predicted molar refractivity (Wildman–Crippen MR) is 89.9 cm³/mol. The Hall–Kier alpha value is -1.37. The molecule has 0 saturated carbocycles. The average molecular weight is 302 g/mol. The Labute approximate surface area is 127 Å². The predicted octanol–water partition coefficient (Wildman–Crippen LogP) is 4.51. The standard InChI is InChI=1S/C18H23O2P/c1-2-3-4-11-16-20-21(19,17-12-7-5-8-13-17)18-14-9-6-10-15-18/h5-10,12-15H,2-4,11,16H2,1H3. The molecule has 0 fully saturated rings. The summed E-state index contributed by atoms with van der Waals surface area (Å²) in [4.78, 5) is 0. The van der Waals surface area contributed by atoms with Gasteiger partial charge in [0.15, 0.2) is 0 Å². The van der Waals surface area contributed by atoms with Gasteiger partial charge in [-0.25, -0.2) is 0 Å². The maximum atomic E-state index is 13.4. The Morgan fingerprint density at radius 3 is 1.81 bits per heavy atom. The molecule has 0 saturated heterocycles. The highest BCUT2D eigenvalue weighted by atomic mass is 31.2. The van der Waals surface area contributed by atoms with Gasteiger partial charge in [-0.15, -0.1) is 0 Å². The van der Waals surface area contributed by atoms with Gasteiger partial charge in [-0.2, -0.15) is 0 Å². The highest BCUT2D eigenvalue weighted by molar-refractivity contribution is 7.74. The lowest BCUT2D eigenvalue weighted by atomic mass is 10.2. The number of unbranched alkanes of at least 4 members (excludes halogenated alkanes) is 3. The smallest absolute Gasteiger partial charge is 0.261 e. The van der Waals surface area contributed by atoms with E-state index in [4.69, 9.17) is 4.52 Å². The average Bonchev–Trinajstić information content (AvgIpc) is 2.56. The molecule has 2 nitrogen and oxygen atoms in total. The van der Waals surface area contributed by atoms with E-state index in [1.165, 1.54) is 12.8 Å². The molecular formula is C18H23O2P. The van der Waals surface area contributed by atoms with Crippen LogP contribution in [0, 0.1) is 0 Å². The molecule has 0 bridgehead atoms. The second kappa shape index (κ2) is 8.17. The van der Waals surface area contributed by atoms with Gasteiger partial charge in [-0.05, 0) is 30.7 Å². The minimum atomic E-state index is -2.97. The summed E-state index contributed by atoms with van der Waals surface area (Å²) < 4.78 is 19.3. The minimum Gasteiger partial charge on any atom is -0.322 e. The van der Waals surface area contributed by atoms with Crippen molar-refractivity contribution in [1.29, 1.82) is 0 Å². The second-order valence-corrected chi connectivity index (χ2v) is 7.51. The van der Waals surface area contributed by atoms with Crippen LogP contribution in [0.2, 0.25) is 0 Å². The zero-order chi connectivity index (χ0) is 15.0. The summed E-state index contributed by atoms with van der Waals surface area (Å²) in [5, 5.41) is 1.54. The van der Waals surface area contributed by atoms with E-state index in [9.17, 15) is 4.57 Å². The van der Waals surface area contributed by atoms with Crippen molar-refractivity contribution >= 4 is 18.0 Å². The molecular weight excluding hydrogens is 279 g/mol. The Kier molecular flexibility index (Phi) is 6.22. The van der Waals surface area contributed by atoms with Gasteiger partial charge in [0.1, 0.15) is 0 Å². The van der Waals surface area contributed by atoms with E-state index in [0.717, 1.165) is 23.5 Å². The third kappa shape index (κ3) is 4.30. The summed E-state index contributed by atoms with van der Waals surface area (Å²) in [5.74, 6) is 0. The van der Waals surface area contributed by atoms with Crippen LogP contribution in [-0.2, 0) is 9.09 Å². The summed E-state index contributed by atoms with van der Waals surface area (Å²) in [7, 11) is -2.97. The first-order chi connectivity index (χ1) is 10.3. The lowest BCUT2D eigenvalue weighted by molar-refractivity contribution is 0.314. The molecule has 0 spiro atoms. The van der Waals surface area contributed by atoms with Gasteiger partial charge < -0.3 is 4.52 Å². The fourth-order valence-corrected chi connectivity index (χ4v) is 4.38. The summed E-state index contributed by atoms with van der Waals surface area (Å²) >= 11 is 0. The molecule has 0 aliphatic heterocycles. The van der Waals surface area contributed by atoms with Gasteiger partial charge in [-0.3, -0.25) is 4.57 Å². The fourth-order valence-electron chi connectivity index (χ4n) is 2.27. The molecule has 0 unspecified atom stereocenters. The number of benzene rings is 2. The molecule has 0 aliphatic rings. The Balaban J connectivity index is 2.18. The molecule has 112 valence electrons. The quantitative estimate of drug-likeness (QED) is 0.529. The van der Waals surface area contributed by atoms with E-state index in [-0.39, 0.29) is 0 Å². The van der Waals surface area contributed by atoms with Crippen LogP contribution in [0.15, 0.2) is 60.7 Å². The fraction of sp³-hybridized carbons (Fsp3) is 0.333. The monoisotopic (exact) mass is 302 g/mol. The molecule has 3 heteroatoms. The summed E-state index contributed by atoms with van der Waals surface area (Å²) in [6.45, 7) is 2.72. The van der Waals surface area contributed by atoms with Crippen molar-refractivity contribution in [3.05, 3.63) is 60.7 Å². The van der Waals surface area contributed by atoms with Crippen molar-refractivity contribution < 1.29 is 9.09 Å². The van der Waals surface area contributed by atoms with E-state index >= 15 is 0 Å². The summed E-state index contributed by atoms with van der Waals surface area (Å²) in [5.41, 5.74) is 0. The SMILES string of the molecule is CCCCCCOP(=O)(c1ccccc1)c1ccccc1. The molecule has 0 N–H and O–H groups in total. The van der Waals surface area contributed by atoms with Crippen LogP contribution in [0.25, 0.3) is 0 Å². The van der Waals surface area contributed by atoms with Crippen molar-refractivity contribution in [2.45, 2.75) is 32.6 Å². The van der Waals surface area contributed by atoms with E-state index in [2.05, 4.69) is 6.92 Å². The molecule has 2 aromatic carbocycles. The molecule has 0 atom stereocenters. The molecule has 0 amide bonds. The number of hydrogen-bond donors (Lipinski definition) is 0. The largest absolute Gasteiger partial charge is 0.322 e. The molecule has 21 heavy (non-hydrogen) atoms. The maximum absolute atomic E-state index is 13.4. The van der Waals surface area contributed by atoms with Gasteiger partial charge in [0.05, 0.1) is 6.61 Å². The van der Waals surface area contributed by atoms with Gasteiger partial charge in [0.2, 0.25) is 0 Å².